The minimum Gasteiger partial charge on any atom is -0.493 e. The molecule has 0 heterocycles. The molecule has 0 aliphatic rings. The summed E-state index contributed by atoms with van der Waals surface area (Å²) in [6.45, 7) is 6.46. The molecule has 0 atom stereocenters. The van der Waals surface area contributed by atoms with E-state index in [2.05, 4.69) is 33.5 Å². The maximum Gasteiger partial charge on any atom is 0.259 e. The highest BCUT2D eigenvalue weighted by Gasteiger charge is 2.15. The number of ether oxygens (including phenoxy) is 1. The number of benzene rings is 2. The number of unbranched alkanes of at least 4 members (excludes halogenated alkanes) is 3. The lowest BCUT2D eigenvalue weighted by Gasteiger charge is -2.14. The Hall–Kier alpha value is -2.34. The van der Waals surface area contributed by atoms with Crippen LogP contribution in [0.4, 0.5) is 11.4 Å². The molecule has 2 N–H and O–H groups in total. The monoisotopic (exact) mass is 460 g/mol. The number of hydrogen-bond acceptors (Lipinski definition) is 3. The Morgan fingerprint density at radius 1 is 1.00 bits per heavy atom. The van der Waals surface area contributed by atoms with Crippen LogP contribution in [0.3, 0.4) is 0 Å². The van der Waals surface area contributed by atoms with Crippen LogP contribution in [0.2, 0.25) is 0 Å². The Morgan fingerprint density at radius 2 is 1.79 bits per heavy atom. The van der Waals surface area contributed by atoms with E-state index in [0.717, 1.165) is 22.9 Å². The van der Waals surface area contributed by atoms with Gasteiger partial charge in [0.15, 0.2) is 0 Å². The lowest BCUT2D eigenvalue weighted by atomic mass is 10.1. The second kappa shape index (κ2) is 11.6. The average Bonchev–Trinajstić information content (AvgIpc) is 2.71. The summed E-state index contributed by atoms with van der Waals surface area (Å²) >= 11 is 3.43. The van der Waals surface area contributed by atoms with Crippen LogP contribution in [0.5, 0.6) is 5.75 Å². The summed E-state index contributed by atoms with van der Waals surface area (Å²) < 4.78 is 6.68. The first-order valence-electron chi connectivity index (χ1n) is 10.1. The number of aryl methyl sites for hydroxylation is 1. The molecule has 29 heavy (non-hydrogen) atoms. The van der Waals surface area contributed by atoms with E-state index in [9.17, 15) is 9.59 Å². The molecule has 6 heteroatoms. The molecule has 156 valence electrons. The van der Waals surface area contributed by atoms with Gasteiger partial charge in [0.2, 0.25) is 5.91 Å². The summed E-state index contributed by atoms with van der Waals surface area (Å²) in [5.41, 5.74) is 2.70. The smallest absolute Gasteiger partial charge is 0.259 e. The van der Waals surface area contributed by atoms with Gasteiger partial charge in [0.05, 0.1) is 12.2 Å². The highest BCUT2D eigenvalue weighted by atomic mass is 79.9. The lowest BCUT2D eigenvalue weighted by molar-refractivity contribution is -0.115. The number of carbonyl (C=O) groups excluding carboxylic acids is 2. The van der Waals surface area contributed by atoms with Crippen molar-refractivity contribution < 1.29 is 14.3 Å². The number of hydrogen-bond donors (Lipinski definition) is 2. The molecule has 0 saturated heterocycles. The van der Waals surface area contributed by atoms with Crippen molar-refractivity contribution in [2.45, 2.75) is 52.9 Å². The second-order valence-electron chi connectivity index (χ2n) is 6.94. The fourth-order valence-corrected chi connectivity index (χ4v) is 3.15. The third-order valence-corrected chi connectivity index (χ3v) is 5.03. The van der Waals surface area contributed by atoms with E-state index in [1.54, 1.807) is 25.1 Å². The van der Waals surface area contributed by atoms with Crippen molar-refractivity contribution in [2.24, 2.45) is 0 Å². The molecule has 2 amide bonds. The SMILES string of the molecule is CCCCCCOc1ccc(Br)cc1C(=O)Nc1ccc(C)c(NC(=O)CC)c1. The largest absolute Gasteiger partial charge is 0.493 e. The molecule has 0 fully saturated rings. The van der Waals surface area contributed by atoms with E-state index in [1.807, 2.05) is 25.1 Å². The minimum absolute atomic E-state index is 0.0673. The summed E-state index contributed by atoms with van der Waals surface area (Å²) in [4.78, 5) is 24.6. The fraction of sp³-hybridized carbons (Fsp3) is 0.391. The van der Waals surface area contributed by atoms with E-state index in [0.29, 0.717) is 35.7 Å². The van der Waals surface area contributed by atoms with Crippen LogP contribution in [0.1, 0.15) is 61.9 Å². The standard InChI is InChI=1S/C23H29BrN2O3/c1-4-6-7-8-13-29-21-12-10-17(24)14-19(21)23(28)25-18-11-9-16(3)20(15-18)26-22(27)5-2/h9-12,14-15H,4-8,13H2,1-3H3,(H,25,28)(H,26,27). The molecule has 0 aromatic heterocycles. The van der Waals surface area contributed by atoms with Crippen molar-refractivity contribution in [1.29, 1.82) is 0 Å². The van der Waals surface area contributed by atoms with E-state index in [4.69, 9.17) is 4.74 Å². The number of carbonyl (C=O) groups is 2. The molecule has 0 radical (unpaired) electrons. The van der Waals surface area contributed by atoms with Gasteiger partial charge >= 0.3 is 0 Å². The Morgan fingerprint density at radius 3 is 2.52 bits per heavy atom. The van der Waals surface area contributed by atoms with Crippen molar-refractivity contribution in [1.82, 2.24) is 0 Å². The number of amides is 2. The molecular formula is C23H29BrN2O3. The zero-order valence-electron chi connectivity index (χ0n) is 17.3. The summed E-state index contributed by atoms with van der Waals surface area (Å²) in [6, 6.07) is 10.9. The topological polar surface area (TPSA) is 67.4 Å². The van der Waals surface area contributed by atoms with Gasteiger partial charge in [-0.05, 0) is 49.2 Å². The molecule has 2 rings (SSSR count). The van der Waals surface area contributed by atoms with Crippen LogP contribution in [-0.4, -0.2) is 18.4 Å². The normalized spacial score (nSPS) is 10.5. The zero-order chi connectivity index (χ0) is 21.2. The summed E-state index contributed by atoms with van der Waals surface area (Å²) in [7, 11) is 0. The highest BCUT2D eigenvalue weighted by Crippen LogP contribution is 2.26. The number of nitrogens with one attached hydrogen (secondary N) is 2. The van der Waals surface area contributed by atoms with Crippen molar-refractivity contribution >= 4 is 39.1 Å². The van der Waals surface area contributed by atoms with E-state index in [1.165, 1.54) is 12.8 Å². The maximum absolute atomic E-state index is 12.9. The van der Waals surface area contributed by atoms with Gasteiger partial charge in [0.25, 0.3) is 5.91 Å². The number of anilines is 2. The Balaban J connectivity index is 2.12. The van der Waals surface area contributed by atoms with E-state index < -0.39 is 0 Å². The van der Waals surface area contributed by atoms with Crippen molar-refractivity contribution in [2.75, 3.05) is 17.2 Å². The molecule has 0 spiro atoms. The van der Waals surface area contributed by atoms with Crippen LogP contribution in [0, 0.1) is 6.92 Å². The first kappa shape index (κ1) is 22.9. The zero-order valence-corrected chi connectivity index (χ0v) is 18.9. The van der Waals surface area contributed by atoms with E-state index in [-0.39, 0.29) is 11.8 Å². The first-order valence-corrected chi connectivity index (χ1v) is 10.9. The Kier molecular flexibility index (Phi) is 9.19. The molecule has 2 aromatic carbocycles. The molecule has 0 aliphatic heterocycles. The molecule has 0 unspecified atom stereocenters. The predicted octanol–water partition coefficient (Wildman–Crippen LogP) is 6.32. The van der Waals surface area contributed by atoms with Crippen LogP contribution in [0.25, 0.3) is 0 Å². The molecule has 2 aromatic rings. The van der Waals surface area contributed by atoms with Crippen molar-refractivity contribution in [3.8, 4) is 5.75 Å². The van der Waals surface area contributed by atoms with Crippen LogP contribution in [0.15, 0.2) is 40.9 Å². The van der Waals surface area contributed by atoms with E-state index >= 15 is 0 Å². The predicted molar refractivity (Wildman–Crippen MR) is 122 cm³/mol. The van der Waals surface area contributed by atoms with Gasteiger partial charge in [-0.2, -0.15) is 0 Å². The number of rotatable bonds is 10. The average molecular weight is 461 g/mol. The van der Waals surface area contributed by atoms with Gasteiger partial charge < -0.3 is 15.4 Å². The molecule has 0 aliphatic carbocycles. The summed E-state index contributed by atoms with van der Waals surface area (Å²) in [6.07, 6.45) is 4.82. The van der Waals surface area contributed by atoms with Gasteiger partial charge in [-0.15, -0.1) is 0 Å². The molecule has 0 saturated carbocycles. The third kappa shape index (κ3) is 7.20. The van der Waals surface area contributed by atoms with Gasteiger partial charge in [0, 0.05) is 22.3 Å². The molecular weight excluding hydrogens is 432 g/mol. The molecule has 0 bridgehead atoms. The van der Waals surface area contributed by atoms with Crippen LogP contribution < -0.4 is 15.4 Å². The van der Waals surface area contributed by atoms with Crippen molar-refractivity contribution in [3.63, 3.8) is 0 Å². The summed E-state index contributed by atoms with van der Waals surface area (Å²) in [5.74, 6) is 0.239. The van der Waals surface area contributed by atoms with Crippen molar-refractivity contribution in [3.05, 3.63) is 52.0 Å². The van der Waals surface area contributed by atoms with Gasteiger partial charge in [0.1, 0.15) is 5.75 Å². The van der Waals surface area contributed by atoms with Crippen LogP contribution in [-0.2, 0) is 4.79 Å². The minimum atomic E-state index is -0.258. The van der Waals surface area contributed by atoms with Gasteiger partial charge in [-0.1, -0.05) is 55.1 Å². The summed E-state index contributed by atoms with van der Waals surface area (Å²) in [5, 5.41) is 5.76. The number of halogens is 1. The second-order valence-corrected chi connectivity index (χ2v) is 7.85. The Bertz CT molecular complexity index is 852. The molecule has 5 nitrogen and oxygen atoms in total. The van der Waals surface area contributed by atoms with Gasteiger partial charge in [-0.3, -0.25) is 9.59 Å². The Labute approximate surface area is 181 Å². The first-order chi connectivity index (χ1) is 13.9. The van der Waals surface area contributed by atoms with Gasteiger partial charge in [-0.25, -0.2) is 0 Å². The van der Waals surface area contributed by atoms with Crippen LogP contribution >= 0.6 is 15.9 Å². The lowest BCUT2D eigenvalue weighted by Crippen LogP contribution is -2.15. The fourth-order valence-electron chi connectivity index (χ4n) is 2.79. The quantitative estimate of drug-likeness (QED) is 0.407. The maximum atomic E-state index is 12.9. The highest BCUT2D eigenvalue weighted by molar-refractivity contribution is 9.10. The third-order valence-electron chi connectivity index (χ3n) is 4.53.